The van der Waals surface area contributed by atoms with Crippen molar-refractivity contribution in [2.75, 3.05) is 50.8 Å². The molecule has 4 atom stereocenters. The third-order valence-corrected chi connectivity index (χ3v) is 7.72. The van der Waals surface area contributed by atoms with E-state index in [1.807, 2.05) is 38.1 Å². The number of Topliss-reactive ketones (excluding diaryl/α,β-unsaturated/α-hetero) is 1. The average Bonchev–Trinajstić information content (AvgIpc) is 3.43. The predicted molar refractivity (Wildman–Crippen MR) is 136 cm³/mol. The smallest absolute Gasteiger partial charge is 0.251 e. The number of nitrogens with zero attached hydrogens (tertiary/aromatic N) is 3. The largest absolute Gasteiger partial charge is 0.369 e. The summed E-state index contributed by atoms with van der Waals surface area (Å²) in [5, 5.41) is 2.98. The standard InChI is InChI=1S/C27H40N4O4/c1-5-19-16-31(24-23(32)17-35-25(19)24)27(34)22(15-18(3)4)28-26(33)20-7-9-21(10-8-20)30-13-11-29(6-2)12-14-30/h7-10,18-19,22,24-25H,5-6,11-17H2,1-4H3,(H,28,33)/t19-,22+,24-,25-/m1/s1. The SMILES string of the molecule is CC[C@@H]1CN(C(=O)[C@H](CC(C)C)NC(=O)c2ccc(N3CCN(CC)CC3)cc2)[C@@H]2C(=O)CO[C@H]12. The van der Waals surface area contributed by atoms with Crippen LogP contribution in [0.5, 0.6) is 0 Å². The molecule has 2 amide bonds. The van der Waals surface area contributed by atoms with Crippen molar-refractivity contribution < 1.29 is 19.1 Å². The van der Waals surface area contributed by atoms with Crippen LogP contribution in [0.25, 0.3) is 0 Å². The zero-order chi connectivity index (χ0) is 25.1. The molecule has 0 bridgehead atoms. The summed E-state index contributed by atoms with van der Waals surface area (Å²) in [5.41, 5.74) is 1.65. The van der Waals surface area contributed by atoms with E-state index in [1.165, 1.54) is 0 Å². The number of hydrogen-bond donors (Lipinski definition) is 1. The minimum absolute atomic E-state index is 0.0377. The van der Waals surface area contributed by atoms with E-state index in [0.717, 1.165) is 44.8 Å². The molecule has 3 aliphatic heterocycles. The molecular weight excluding hydrogens is 444 g/mol. The summed E-state index contributed by atoms with van der Waals surface area (Å²) >= 11 is 0. The lowest BCUT2D eigenvalue weighted by atomic mass is 9.99. The number of ketones is 1. The van der Waals surface area contributed by atoms with Gasteiger partial charge in [-0.2, -0.15) is 0 Å². The normalized spacial score (nSPS) is 25.7. The summed E-state index contributed by atoms with van der Waals surface area (Å²) in [6.07, 6.45) is 1.14. The van der Waals surface area contributed by atoms with Gasteiger partial charge in [0.05, 0.1) is 6.10 Å². The van der Waals surface area contributed by atoms with Crippen molar-refractivity contribution in [1.82, 2.24) is 15.1 Å². The molecule has 1 N–H and O–H groups in total. The van der Waals surface area contributed by atoms with Crippen LogP contribution in [0.3, 0.4) is 0 Å². The fourth-order valence-electron chi connectivity index (χ4n) is 5.62. The lowest BCUT2D eigenvalue weighted by Gasteiger charge is -2.35. The van der Waals surface area contributed by atoms with Gasteiger partial charge in [-0.05, 0) is 49.6 Å². The van der Waals surface area contributed by atoms with Gasteiger partial charge in [-0.1, -0.05) is 27.7 Å². The molecule has 3 aliphatic rings. The van der Waals surface area contributed by atoms with Crippen molar-refractivity contribution in [3.05, 3.63) is 29.8 Å². The molecule has 0 saturated carbocycles. The monoisotopic (exact) mass is 484 g/mol. The van der Waals surface area contributed by atoms with Crippen LogP contribution < -0.4 is 10.2 Å². The van der Waals surface area contributed by atoms with Crippen molar-refractivity contribution >= 4 is 23.3 Å². The van der Waals surface area contributed by atoms with E-state index >= 15 is 0 Å². The van der Waals surface area contributed by atoms with Gasteiger partial charge in [0, 0.05) is 49.9 Å². The third-order valence-electron chi connectivity index (χ3n) is 7.72. The zero-order valence-corrected chi connectivity index (χ0v) is 21.5. The second kappa shape index (κ2) is 11.1. The maximum atomic E-state index is 13.6. The molecule has 8 heteroatoms. The summed E-state index contributed by atoms with van der Waals surface area (Å²) in [7, 11) is 0. The van der Waals surface area contributed by atoms with Crippen LogP contribution in [0.15, 0.2) is 24.3 Å². The zero-order valence-electron chi connectivity index (χ0n) is 21.5. The Morgan fingerprint density at radius 3 is 2.37 bits per heavy atom. The number of amides is 2. The van der Waals surface area contributed by atoms with E-state index in [1.54, 1.807) is 4.90 Å². The average molecular weight is 485 g/mol. The Kier molecular flexibility index (Phi) is 8.12. The fraction of sp³-hybridized carbons (Fsp3) is 0.667. The molecule has 0 spiro atoms. The molecule has 1 aromatic rings. The number of piperazine rings is 1. The van der Waals surface area contributed by atoms with E-state index in [0.29, 0.717) is 18.5 Å². The molecular formula is C27H40N4O4. The summed E-state index contributed by atoms with van der Waals surface area (Å²) in [6, 6.07) is 6.45. The minimum Gasteiger partial charge on any atom is -0.369 e. The highest BCUT2D eigenvalue weighted by atomic mass is 16.5. The van der Waals surface area contributed by atoms with Crippen LogP contribution in [0, 0.1) is 11.8 Å². The third kappa shape index (κ3) is 5.54. The highest BCUT2D eigenvalue weighted by Crippen LogP contribution is 2.34. The Balaban J connectivity index is 1.43. The van der Waals surface area contributed by atoms with Gasteiger partial charge in [0.15, 0.2) is 5.78 Å². The first-order valence-electron chi connectivity index (χ1n) is 13.1. The Morgan fingerprint density at radius 2 is 1.77 bits per heavy atom. The van der Waals surface area contributed by atoms with Gasteiger partial charge in [0.25, 0.3) is 5.91 Å². The van der Waals surface area contributed by atoms with E-state index in [2.05, 4.69) is 29.0 Å². The highest BCUT2D eigenvalue weighted by molar-refractivity contribution is 5.99. The minimum atomic E-state index is -0.672. The van der Waals surface area contributed by atoms with Gasteiger partial charge >= 0.3 is 0 Å². The van der Waals surface area contributed by atoms with Crippen LogP contribution >= 0.6 is 0 Å². The Hall–Kier alpha value is -2.45. The Bertz CT molecular complexity index is 910. The lowest BCUT2D eigenvalue weighted by Crippen LogP contribution is -2.52. The van der Waals surface area contributed by atoms with Crippen LogP contribution in [0.4, 0.5) is 5.69 Å². The lowest BCUT2D eigenvalue weighted by molar-refractivity contribution is -0.138. The van der Waals surface area contributed by atoms with Gasteiger partial charge in [-0.25, -0.2) is 0 Å². The quantitative estimate of drug-likeness (QED) is 0.609. The van der Waals surface area contributed by atoms with Crippen LogP contribution in [0.2, 0.25) is 0 Å². The van der Waals surface area contributed by atoms with Gasteiger partial charge in [-0.3, -0.25) is 14.4 Å². The molecule has 3 saturated heterocycles. The number of carbonyl (C=O) groups is 3. The number of rotatable bonds is 8. The number of likely N-dealkylation sites (N-methyl/N-ethyl adjacent to an activating group) is 1. The fourth-order valence-corrected chi connectivity index (χ4v) is 5.62. The second-order valence-electron chi connectivity index (χ2n) is 10.5. The van der Waals surface area contributed by atoms with Crippen molar-refractivity contribution in [2.45, 2.75) is 58.7 Å². The first-order valence-corrected chi connectivity index (χ1v) is 13.1. The molecule has 3 fully saturated rings. The van der Waals surface area contributed by atoms with Crippen LogP contribution in [-0.4, -0.2) is 91.5 Å². The number of anilines is 1. The van der Waals surface area contributed by atoms with Gasteiger partial charge in [-0.15, -0.1) is 0 Å². The molecule has 0 aliphatic carbocycles. The number of nitrogens with one attached hydrogen (secondary N) is 1. The summed E-state index contributed by atoms with van der Waals surface area (Å²) in [6.45, 7) is 14.0. The second-order valence-corrected chi connectivity index (χ2v) is 10.5. The van der Waals surface area contributed by atoms with Crippen LogP contribution in [-0.2, 0) is 14.3 Å². The predicted octanol–water partition coefficient (Wildman–Crippen LogP) is 2.18. The Labute approximate surface area is 209 Å². The van der Waals surface area contributed by atoms with Crippen molar-refractivity contribution in [3.8, 4) is 0 Å². The van der Waals surface area contributed by atoms with Gasteiger partial charge < -0.3 is 24.8 Å². The van der Waals surface area contributed by atoms with Crippen molar-refractivity contribution in [2.24, 2.45) is 11.8 Å². The van der Waals surface area contributed by atoms with Crippen LogP contribution in [0.1, 0.15) is 50.9 Å². The first-order chi connectivity index (χ1) is 16.8. The summed E-state index contributed by atoms with van der Waals surface area (Å²) in [4.78, 5) is 45.7. The molecule has 1 aromatic carbocycles. The molecule has 192 valence electrons. The molecule has 4 rings (SSSR count). The maximum Gasteiger partial charge on any atom is 0.251 e. The number of benzene rings is 1. The number of carbonyl (C=O) groups excluding carboxylic acids is 3. The van der Waals surface area contributed by atoms with E-state index in [4.69, 9.17) is 4.74 Å². The molecule has 3 heterocycles. The summed E-state index contributed by atoms with van der Waals surface area (Å²) < 4.78 is 5.72. The topological polar surface area (TPSA) is 82.2 Å². The van der Waals surface area contributed by atoms with Gasteiger partial charge in [0.1, 0.15) is 18.7 Å². The summed E-state index contributed by atoms with van der Waals surface area (Å²) in [5.74, 6) is -0.114. The van der Waals surface area contributed by atoms with E-state index in [9.17, 15) is 14.4 Å². The number of likely N-dealkylation sites (tertiary alicyclic amines) is 1. The maximum absolute atomic E-state index is 13.6. The molecule has 0 radical (unpaired) electrons. The molecule has 8 nitrogen and oxygen atoms in total. The number of hydrogen-bond acceptors (Lipinski definition) is 6. The van der Waals surface area contributed by atoms with Crippen molar-refractivity contribution in [1.29, 1.82) is 0 Å². The molecule has 0 unspecified atom stereocenters. The number of fused-ring (bicyclic) bond motifs is 1. The van der Waals surface area contributed by atoms with E-state index < -0.39 is 12.1 Å². The van der Waals surface area contributed by atoms with Gasteiger partial charge in [0.2, 0.25) is 5.91 Å². The Morgan fingerprint density at radius 1 is 1.09 bits per heavy atom. The first kappa shape index (κ1) is 25.6. The van der Waals surface area contributed by atoms with Crippen molar-refractivity contribution in [3.63, 3.8) is 0 Å². The van der Waals surface area contributed by atoms with E-state index in [-0.39, 0.29) is 42.1 Å². The molecule has 35 heavy (non-hydrogen) atoms. The number of ether oxygens (including phenoxy) is 1. The highest BCUT2D eigenvalue weighted by Gasteiger charge is 2.52. The molecule has 0 aromatic heterocycles.